The van der Waals surface area contributed by atoms with Gasteiger partial charge in [-0.25, -0.2) is 0 Å². The standard InChI is InChI=1S/C18H32N4S2/c1-5-19-17(21-14-18(2,3)23-4)20-13-15(16-9-8-12-24-16)22-10-6-7-11-22/h8-9,12,15H,5-7,10-11,13-14H2,1-4H3,(H2,19,20,21). The minimum atomic E-state index is 0.171. The summed E-state index contributed by atoms with van der Waals surface area (Å²) in [6.07, 6.45) is 4.78. The molecule has 1 atom stereocenters. The molecule has 0 amide bonds. The van der Waals surface area contributed by atoms with Crippen LogP contribution in [0.2, 0.25) is 0 Å². The Bertz CT molecular complexity index is 493. The number of thiophene rings is 1. The van der Waals surface area contributed by atoms with Crippen LogP contribution in [0.3, 0.4) is 0 Å². The van der Waals surface area contributed by atoms with Crippen molar-refractivity contribution in [1.82, 2.24) is 15.5 Å². The van der Waals surface area contributed by atoms with Crippen molar-refractivity contribution < 1.29 is 0 Å². The van der Waals surface area contributed by atoms with Gasteiger partial charge in [0.2, 0.25) is 0 Å². The largest absolute Gasteiger partial charge is 0.357 e. The van der Waals surface area contributed by atoms with Crippen molar-refractivity contribution >= 4 is 29.1 Å². The second-order valence-electron chi connectivity index (χ2n) is 6.81. The molecule has 1 aromatic heterocycles. The number of guanidine groups is 1. The topological polar surface area (TPSA) is 39.7 Å². The fourth-order valence-corrected chi connectivity index (χ4v) is 3.87. The number of nitrogens with zero attached hydrogens (tertiary/aromatic N) is 2. The SMILES string of the molecule is CCNC(=NCC(C)(C)SC)NCC(c1cccs1)N1CCCC1. The van der Waals surface area contributed by atoms with Crippen LogP contribution < -0.4 is 10.6 Å². The van der Waals surface area contributed by atoms with Crippen molar-refractivity contribution in [2.24, 2.45) is 4.99 Å². The zero-order valence-corrected chi connectivity index (χ0v) is 17.1. The molecule has 0 spiro atoms. The van der Waals surface area contributed by atoms with E-state index in [2.05, 4.69) is 60.1 Å². The molecule has 2 rings (SSSR count). The summed E-state index contributed by atoms with van der Waals surface area (Å²) in [4.78, 5) is 8.85. The van der Waals surface area contributed by atoms with Crippen LogP contribution in [-0.2, 0) is 0 Å². The van der Waals surface area contributed by atoms with Gasteiger partial charge in [0.25, 0.3) is 0 Å². The molecule has 1 fully saturated rings. The van der Waals surface area contributed by atoms with Crippen LogP contribution in [0, 0.1) is 0 Å². The number of aliphatic imine (C=N–C) groups is 1. The number of nitrogens with one attached hydrogen (secondary N) is 2. The first-order valence-corrected chi connectivity index (χ1v) is 11.0. The smallest absolute Gasteiger partial charge is 0.191 e. The van der Waals surface area contributed by atoms with Crippen molar-refractivity contribution in [2.45, 2.75) is 44.4 Å². The number of hydrogen-bond acceptors (Lipinski definition) is 4. The van der Waals surface area contributed by atoms with E-state index in [-0.39, 0.29) is 4.75 Å². The molecule has 1 aliphatic rings. The minimum Gasteiger partial charge on any atom is -0.357 e. The molecule has 1 aromatic rings. The van der Waals surface area contributed by atoms with Gasteiger partial charge < -0.3 is 10.6 Å². The van der Waals surface area contributed by atoms with Gasteiger partial charge in [-0.05, 0) is 64.4 Å². The fourth-order valence-electron chi connectivity index (χ4n) is 2.81. The lowest BCUT2D eigenvalue weighted by atomic mass is 10.2. The van der Waals surface area contributed by atoms with Crippen LogP contribution in [-0.4, -0.2) is 54.6 Å². The van der Waals surface area contributed by atoms with E-state index in [0.29, 0.717) is 6.04 Å². The lowest BCUT2D eigenvalue weighted by Crippen LogP contribution is -2.43. The summed E-state index contributed by atoms with van der Waals surface area (Å²) in [5.74, 6) is 0.931. The van der Waals surface area contributed by atoms with Crippen LogP contribution in [0.15, 0.2) is 22.5 Å². The van der Waals surface area contributed by atoms with Crippen LogP contribution in [0.1, 0.15) is 44.5 Å². The fraction of sp³-hybridized carbons (Fsp3) is 0.722. The van der Waals surface area contributed by atoms with Gasteiger partial charge in [0, 0.05) is 22.7 Å². The molecule has 0 radical (unpaired) electrons. The molecule has 0 saturated carbocycles. The van der Waals surface area contributed by atoms with E-state index in [4.69, 9.17) is 4.99 Å². The van der Waals surface area contributed by atoms with Crippen LogP contribution in [0.25, 0.3) is 0 Å². The van der Waals surface area contributed by atoms with E-state index in [9.17, 15) is 0 Å². The third-order valence-electron chi connectivity index (χ3n) is 4.43. The normalized spacial score (nSPS) is 17.9. The summed E-state index contributed by atoms with van der Waals surface area (Å²) in [6, 6.07) is 4.87. The molecule has 24 heavy (non-hydrogen) atoms. The van der Waals surface area contributed by atoms with Gasteiger partial charge in [-0.3, -0.25) is 9.89 Å². The highest BCUT2D eigenvalue weighted by molar-refractivity contribution is 7.99. The van der Waals surface area contributed by atoms with E-state index in [1.54, 1.807) is 0 Å². The summed E-state index contributed by atoms with van der Waals surface area (Å²) >= 11 is 3.72. The molecule has 6 heteroatoms. The number of hydrogen-bond donors (Lipinski definition) is 2. The second-order valence-corrected chi connectivity index (χ2v) is 9.31. The molecule has 2 heterocycles. The molecule has 1 saturated heterocycles. The van der Waals surface area contributed by atoms with Crippen molar-refractivity contribution in [3.8, 4) is 0 Å². The van der Waals surface area contributed by atoms with Gasteiger partial charge in [0.05, 0.1) is 12.6 Å². The molecule has 0 aliphatic carbocycles. The van der Waals surface area contributed by atoms with Crippen LogP contribution in [0.5, 0.6) is 0 Å². The van der Waals surface area contributed by atoms with Gasteiger partial charge in [-0.1, -0.05) is 6.07 Å². The summed E-state index contributed by atoms with van der Waals surface area (Å²) < 4.78 is 0.171. The highest BCUT2D eigenvalue weighted by Gasteiger charge is 2.24. The molecular formula is C18H32N4S2. The summed E-state index contributed by atoms with van der Waals surface area (Å²) in [6.45, 7) is 11.6. The van der Waals surface area contributed by atoms with Crippen LogP contribution in [0.4, 0.5) is 0 Å². The molecule has 4 nitrogen and oxygen atoms in total. The predicted octanol–water partition coefficient (Wildman–Crippen LogP) is 3.58. The van der Waals surface area contributed by atoms with Gasteiger partial charge in [-0.2, -0.15) is 11.8 Å². The lowest BCUT2D eigenvalue weighted by Gasteiger charge is -2.28. The average Bonchev–Trinajstić information content (AvgIpc) is 3.27. The molecule has 1 unspecified atom stereocenters. The van der Waals surface area contributed by atoms with Crippen LogP contribution >= 0.6 is 23.1 Å². The number of likely N-dealkylation sites (tertiary alicyclic amines) is 1. The Morgan fingerprint density at radius 3 is 2.71 bits per heavy atom. The van der Waals surface area contributed by atoms with Gasteiger partial charge in [0.1, 0.15) is 0 Å². The maximum absolute atomic E-state index is 4.79. The zero-order valence-electron chi connectivity index (χ0n) is 15.5. The molecule has 2 N–H and O–H groups in total. The van der Waals surface area contributed by atoms with Crippen molar-refractivity contribution in [1.29, 1.82) is 0 Å². The first-order chi connectivity index (χ1) is 11.6. The third-order valence-corrected chi connectivity index (χ3v) is 6.64. The quantitative estimate of drug-likeness (QED) is 0.543. The van der Waals surface area contributed by atoms with Crippen molar-refractivity contribution in [2.75, 3.05) is 39.0 Å². The van der Waals surface area contributed by atoms with E-state index in [1.165, 1.54) is 30.8 Å². The summed E-state index contributed by atoms with van der Waals surface area (Å²) in [5, 5.41) is 9.14. The number of rotatable bonds is 8. The van der Waals surface area contributed by atoms with E-state index >= 15 is 0 Å². The monoisotopic (exact) mass is 368 g/mol. The summed E-state index contributed by atoms with van der Waals surface area (Å²) in [7, 11) is 0. The highest BCUT2D eigenvalue weighted by Crippen LogP contribution is 2.27. The first-order valence-electron chi connectivity index (χ1n) is 8.90. The third kappa shape index (κ3) is 5.97. The second kappa shape index (κ2) is 9.68. The number of thioether (sulfide) groups is 1. The first kappa shape index (κ1) is 19.6. The Morgan fingerprint density at radius 1 is 1.38 bits per heavy atom. The molecule has 136 valence electrons. The molecule has 0 aromatic carbocycles. The van der Waals surface area contributed by atoms with E-state index in [1.807, 2.05) is 23.1 Å². The van der Waals surface area contributed by atoms with E-state index < -0.39 is 0 Å². The maximum Gasteiger partial charge on any atom is 0.191 e. The van der Waals surface area contributed by atoms with Gasteiger partial charge in [0.15, 0.2) is 5.96 Å². The zero-order chi connectivity index (χ0) is 17.4. The Morgan fingerprint density at radius 2 is 2.12 bits per heavy atom. The van der Waals surface area contributed by atoms with Gasteiger partial charge in [-0.15, -0.1) is 11.3 Å². The Kier molecular flexibility index (Phi) is 7.91. The maximum atomic E-state index is 4.79. The predicted molar refractivity (Wildman–Crippen MR) is 109 cm³/mol. The highest BCUT2D eigenvalue weighted by atomic mass is 32.2. The summed E-state index contributed by atoms with van der Waals surface area (Å²) in [5.41, 5.74) is 0. The van der Waals surface area contributed by atoms with Crippen molar-refractivity contribution in [3.05, 3.63) is 22.4 Å². The molecule has 0 bridgehead atoms. The molecular weight excluding hydrogens is 336 g/mol. The van der Waals surface area contributed by atoms with Gasteiger partial charge >= 0.3 is 0 Å². The molecule has 1 aliphatic heterocycles. The minimum absolute atomic E-state index is 0.171. The van der Waals surface area contributed by atoms with E-state index in [0.717, 1.165) is 25.6 Å². The average molecular weight is 369 g/mol. The lowest BCUT2D eigenvalue weighted by molar-refractivity contribution is 0.249. The Balaban J connectivity index is 2.00. The van der Waals surface area contributed by atoms with Crippen molar-refractivity contribution in [3.63, 3.8) is 0 Å². The Hall–Kier alpha value is -0.720. The Labute approximate surface area is 155 Å².